The predicted molar refractivity (Wildman–Crippen MR) is 70.4 cm³/mol. The second kappa shape index (κ2) is 6.50. The zero-order chi connectivity index (χ0) is 13.0. The summed E-state index contributed by atoms with van der Waals surface area (Å²) < 4.78 is 5.68. The van der Waals surface area contributed by atoms with E-state index in [-0.39, 0.29) is 17.9 Å². The van der Waals surface area contributed by atoms with Crippen molar-refractivity contribution in [1.82, 2.24) is 15.5 Å². The first kappa shape index (κ1) is 13.8. The van der Waals surface area contributed by atoms with Crippen LogP contribution in [0, 0.1) is 11.8 Å². The molecule has 2 saturated heterocycles. The number of carbonyl (C=O) groups is 1. The molecule has 5 nitrogen and oxygen atoms in total. The van der Waals surface area contributed by atoms with E-state index < -0.39 is 0 Å². The Kier molecular flexibility index (Phi) is 4.97. The molecule has 3 atom stereocenters. The molecule has 0 saturated carbocycles. The summed E-state index contributed by atoms with van der Waals surface area (Å²) in [5.41, 5.74) is 0. The van der Waals surface area contributed by atoms with E-state index in [9.17, 15) is 4.79 Å². The Morgan fingerprint density at radius 1 is 1.50 bits per heavy atom. The number of hydrogen-bond acceptors (Lipinski definition) is 4. The second-order valence-corrected chi connectivity index (χ2v) is 5.37. The van der Waals surface area contributed by atoms with Gasteiger partial charge in [0.05, 0.1) is 18.6 Å². The van der Waals surface area contributed by atoms with Crippen LogP contribution in [0.25, 0.3) is 0 Å². The number of ether oxygens (including phenoxy) is 1. The molecule has 3 unspecified atom stereocenters. The fourth-order valence-corrected chi connectivity index (χ4v) is 2.70. The molecule has 2 heterocycles. The Hall–Kier alpha value is -0.650. The number of hydrogen-bond donors (Lipinski definition) is 2. The highest BCUT2D eigenvalue weighted by atomic mass is 16.5. The molecule has 0 aromatic rings. The molecule has 2 N–H and O–H groups in total. The van der Waals surface area contributed by atoms with Gasteiger partial charge in [0.15, 0.2) is 0 Å². The molecule has 0 spiro atoms. The summed E-state index contributed by atoms with van der Waals surface area (Å²) in [5, 5.41) is 6.30. The zero-order valence-electron chi connectivity index (χ0n) is 11.4. The van der Waals surface area contributed by atoms with Crippen molar-refractivity contribution in [2.75, 3.05) is 45.9 Å². The summed E-state index contributed by atoms with van der Waals surface area (Å²) in [7, 11) is 0. The highest BCUT2D eigenvalue weighted by Crippen LogP contribution is 2.15. The van der Waals surface area contributed by atoms with Crippen LogP contribution in [0.4, 0.5) is 0 Å². The van der Waals surface area contributed by atoms with Crippen LogP contribution in [0.1, 0.15) is 13.8 Å². The molecular weight excluding hydrogens is 230 g/mol. The van der Waals surface area contributed by atoms with Gasteiger partial charge in [0.2, 0.25) is 5.91 Å². The van der Waals surface area contributed by atoms with E-state index in [2.05, 4.69) is 29.4 Å². The quantitative estimate of drug-likeness (QED) is 0.723. The van der Waals surface area contributed by atoms with E-state index in [4.69, 9.17) is 4.74 Å². The maximum atomic E-state index is 12.0. The van der Waals surface area contributed by atoms with Gasteiger partial charge >= 0.3 is 0 Å². The summed E-state index contributed by atoms with van der Waals surface area (Å²) >= 11 is 0. The third-order valence-corrected chi connectivity index (χ3v) is 4.03. The molecule has 2 rings (SSSR count). The number of nitrogens with zero attached hydrogens (tertiary/aromatic N) is 1. The predicted octanol–water partition coefficient (Wildman–Crippen LogP) is -0.321. The molecule has 0 aromatic heterocycles. The van der Waals surface area contributed by atoms with Crippen molar-refractivity contribution in [3.8, 4) is 0 Å². The lowest BCUT2D eigenvalue weighted by Crippen LogP contribution is -2.48. The lowest BCUT2D eigenvalue weighted by atomic mass is 9.97. The summed E-state index contributed by atoms with van der Waals surface area (Å²) in [4.78, 5) is 14.4. The Balaban J connectivity index is 1.72. The summed E-state index contributed by atoms with van der Waals surface area (Å²) in [6, 6.07) is 0. The van der Waals surface area contributed by atoms with Crippen LogP contribution in [-0.2, 0) is 9.53 Å². The van der Waals surface area contributed by atoms with Crippen molar-refractivity contribution >= 4 is 5.91 Å². The van der Waals surface area contributed by atoms with E-state index in [1.165, 1.54) is 0 Å². The first-order valence-electron chi connectivity index (χ1n) is 7.03. The van der Waals surface area contributed by atoms with Crippen molar-refractivity contribution in [3.05, 3.63) is 0 Å². The number of carbonyl (C=O) groups excluding carboxylic acids is 1. The molecular formula is C13H25N3O2. The van der Waals surface area contributed by atoms with Crippen LogP contribution in [-0.4, -0.2) is 62.8 Å². The highest BCUT2D eigenvalue weighted by molar-refractivity contribution is 5.79. The van der Waals surface area contributed by atoms with Crippen molar-refractivity contribution in [2.45, 2.75) is 20.0 Å². The molecule has 1 amide bonds. The first-order valence-corrected chi connectivity index (χ1v) is 7.03. The highest BCUT2D eigenvalue weighted by Gasteiger charge is 2.30. The zero-order valence-corrected chi connectivity index (χ0v) is 11.4. The van der Waals surface area contributed by atoms with E-state index in [0.29, 0.717) is 12.5 Å². The fourth-order valence-electron chi connectivity index (χ4n) is 2.70. The molecule has 0 aliphatic carbocycles. The maximum absolute atomic E-state index is 12.0. The van der Waals surface area contributed by atoms with Gasteiger partial charge in [-0.25, -0.2) is 0 Å². The summed E-state index contributed by atoms with van der Waals surface area (Å²) in [6.45, 7) is 10.4. The Labute approximate surface area is 109 Å². The average Bonchev–Trinajstić information content (AvgIpc) is 2.82. The average molecular weight is 255 g/mol. The number of rotatable bonds is 4. The van der Waals surface area contributed by atoms with Crippen LogP contribution >= 0.6 is 0 Å². The van der Waals surface area contributed by atoms with Gasteiger partial charge < -0.3 is 15.4 Å². The minimum Gasteiger partial charge on any atom is -0.374 e. The second-order valence-electron chi connectivity index (χ2n) is 5.37. The van der Waals surface area contributed by atoms with Gasteiger partial charge in [-0.2, -0.15) is 0 Å². The monoisotopic (exact) mass is 255 g/mol. The third kappa shape index (κ3) is 3.43. The fraction of sp³-hybridized carbons (Fsp3) is 0.923. The molecule has 0 aromatic carbocycles. The van der Waals surface area contributed by atoms with Gasteiger partial charge in [0, 0.05) is 26.2 Å². The van der Waals surface area contributed by atoms with Crippen LogP contribution < -0.4 is 10.6 Å². The number of morpholine rings is 1. The van der Waals surface area contributed by atoms with Crippen LogP contribution in [0.5, 0.6) is 0 Å². The van der Waals surface area contributed by atoms with Gasteiger partial charge in [0.1, 0.15) is 0 Å². The van der Waals surface area contributed by atoms with Gasteiger partial charge in [-0.05, 0) is 19.0 Å². The van der Waals surface area contributed by atoms with Crippen LogP contribution in [0.3, 0.4) is 0 Å². The topological polar surface area (TPSA) is 53.6 Å². The Bertz CT molecular complexity index is 285. The SMILES string of the molecule is CCN1CCOC(CNC(=O)C2CNCC2C)C1. The Morgan fingerprint density at radius 2 is 2.33 bits per heavy atom. The van der Waals surface area contributed by atoms with Crippen LogP contribution in [0.2, 0.25) is 0 Å². The Morgan fingerprint density at radius 3 is 3.00 bits per heavy atom. The van der Waals surface area contributed by atoms with E-state index in [0.717, 1.165) is 39.3 Å². The number of amides is 1. The van der Waals surface area contributed by atoms with Gasteiger partial charge in [-0.15, -0.1) is 0 Å². The summed E-state index contributed by atoms with van der Waals surface area (Å²) in [5.74, 6) is 0.727. The minimum absolute atomic E-state index is 0.121. The van der Waals surface area contributed by atoms with E-state index >= 15 is 0 Å². The summed E-state index contributed by atoms with van der Waals surface area (Å²) in [6.07, 6.45) is 0.146. The lowest BCUT2D eigenvalue weighted by molar-refractivity contribution is -0.126. The molecule has 2 aliphatic rings. The first-order chi connectivity index (χ1) is 8.70. The molecule has 104 valence electrons. The normalized spacial score (nSPS) is 33.6. The molecule has 0 bridgehead atoms. The molecule has 0 radical (unpaired) electrons. The lowest BCUT2D eigenvalue weighted by Gasteiger charge is -2.32. The van der Waals surface area contributed by atoms with Crippen molar-refractivity contribution in [2.24, 2.45) is 11.8 Å². The largest absolute Gasteiger partial charge is 0.374 e. The van der Waals surface area contributed by atoms with Gasteiger partial charge in [-0.1, -0.05) is 13.8 Å². The molecule has 2 fully saturated rings. The van der Waals surface area contributed by atoms with Crippen molar-refractivity contribution in [3.63, 3.8) is 0 Å². The van der Waals surface area contributed by atoms with Crippen molar-refractivity contribution in [1.29, 1.82) is 0 Å². The number of nitrogens with one attached hydrogen (secondary N) is 2. The van der Waals surface area contributed by atoms with Gasteiger partial charge in [-0.3, -0.25) is 9.69 Å². The smallest absolute Gasteiger partial charge is 0.224 e. The molecule has 5 heteroatoms. The third-order valence-electron chi connectivity index (χ3n) is 4.03. The standard InChI is InChI=1S/C13H25N3O2/c1-3-16-4-5-18-11(9-16)7-15-13(17)12-8-14-6-10(12)2/h10-12,14H,3-9H2,1-2H3,(H,15,17). The van der Waals surface area contributed by atoms with E-state index in [1.54, 1.807) is 0 Å². The maximum Gasteiger partial charge on any atom is 0.224 e. The number of likely N-dealkylation sites (N-methyl/N-ethyl adjacent to an activating group) is 1. The van der Waals surface area contributed by atoms with Gasteiger partial charge in [0.25, 0.3) is 0 Å². The van der Waals surface area contributed by atoms with Crippen molar-refractivity contribution < 1.29 is 9.53 Å². The minimum atomic E-state index is 0.121. The molecule has 2 aliphatic heterocycles. The van der Waals surface area contributed by atoms with E-state index in [1.807, 2.05) is 0 Å². The molecule has 18 heavy (non-hydrogen) atoms. The van der Waals surface area contributed by atoms with Crippen LogP contribution in [0.15, 0.2) is 0 Å².